The fraction of sp³-hybridized carbons (Fsp3) is 0.100. The molecule has 1 aromatic heterocycles. The Morgan fingerprint density at radius 1 is 1.42 bits per heavy atom. The van der Waals surface area contributed by atoms with Gasteiger partial charge in [-0.15, -0.1) is 0 Å². The number of nitrogens with two attached hydrogens (primary N) is 1. The van der Waals surface area contributed by atoms with Crippen molar-refractivity contribution in [3.63, 3.8) is 0 Å². The van der Waals surface area contributed by atoms with Crippen molar-refractivity contribution < 1.29 is 14.0 Å². The largest absolute Gasteiger partial charge is 0.409 e. The number of hydrogen-bond acceptors (Lipinski definition) is 6. The van der Waals surface area contributed by atoms with E-state index in [2.05, 4.69) is 14.5 Å². The summed E-state index contributed by atoms with van der Waals surface area (Å²) in [6, 6.07) is 1.99. The second kappa shape index (κ2) is 5.49. The summed E-state index contributed by atoms with van der Waals surface area (Å²) in [6.45, 7) is 1.69. The fourth-order valence-corrected chi connectivity index (χ4v) is 2.87. The van der Waals surface area contributed by atoms with Crippen LogP contribution in [-0.4, -0.2) is 20.4 Å². The predicted octanol–water partition coefficient (Wildman–Crippen LogP) is 2.37. The van der Waals surface area contributed by atoms with E-state index < -0.39 is 11.6 Å². The van der Waals surface area contributed by atoms with Crippen LogP contribution in [0.3, 0.4) is 0 Å². The summed E-state index contributed by atoms with van der Waals surface area (Å²) < 4.78 is 32.0. The number of benzene rings is 1. The highest BCUT2D eigenvalue weighted by Crippen LogP contribution is 2.33. The molecule has 100 valence electrons. The highest BCUT2D eigenvalue weighted by atomic mass is 32.2. The van der Waals surface area contributed by atoms with Gasteiger partial charge in [0, 0.05) is 5.56 Å². The molecule has 9 heteroatoms. The maximum absolute atomic E-state index is 13.8. The zero-order valence-corrected chi connectivity index (χ0v) is 11.2. The second-order valence-corrected chi connectivity index (χ2v) is 5.47. The molecule has 0 amide bonds. The van der Waals surface area contributed by atoms with E-state index in [-0.39, 0.29) is 16.3 Å². The van der Waals surface area contributed by atoms with Crippen molar-refractivity contribution in [2.45, 2.75) is 16.2 Å². The van der Waals surface area contributed by atoms with Crippen molar-refractivity contribution in [1.82, 2.24) is 9.36 Å². The number of amidine groups is 1. The average molecular weight is 302 g/mol. The van der Waals surface area contributed by atoms with Crippen LogP contribution in [0.4, 0.5) is 8.78 Å². The first kappa shape index (κ1) is 13.7. The smallest absolute Gasteiger partial charge is 0.175 e. The van der Waals surface area contributed by atoms with Crippen molar-refractivity contribution in [1.29, 1.82) is 0 Å². The summed E-state index contributed by atoms with van der Waals surface area (Å²) in [5.74, 6) is -1.43. The molecule has 0 aliphatic heterocycles. The van der Waals surface area contributed by atoms with Gasteiger partial charge in [-0.05, 0) is 30.6 Å². The van der Waals surface area contributed by atoms with E-state index in [1.807, 2.05) is 0 Å². The van der Waals surface area contributed by atoms with Crippen molar-refractivity contribution >= 4 is 29.1 Å². The first-order valence-electron chi connectivity index (χ1n) is 4.96. The maximum Gasteiger partial charge on any atom is 0.175 e. The Morgan fingerprint density at radius 3 is 2.53 bits per heavy atom. The summed E-state index contributed by atoms with van der Waals surface area (Å²) in [5, 5.41) is 11.2. The van der Waals surface area contributed by atoms with Crippen molar-refractivity contribution in [3.05, 3.63) is 35.2 Å². The molecule has 0 aliphatic carbocycles. The Morgan fingerprint density at radius 2 is 2.05 bits per heavy atom. The van der Waals surface area contributed by atoms with Crippen LogP contribution >= 0.6 is 23.3 Å². The van der Waals surface area contributed by atoms with Gasteiger partial charge in [0.05, 0.1) is 4.90 Å². The summed E-state index contributed by atoms with van der Waals surface area (Å²) >= 11 is 1.90. The Kier molecular flexibility index (Phi) is 3.96. The van der Waals surface area contributed by atoms with Gasteiger partial charge in [0.1, 0.15) is 17.5 Å². The summed E-state index contributed by atoms with van der Waals surface area (Å²) in [5.41, 5.74) is 5.25. The molecule has 2 aromatic rings. The second-order valence-electron chi connectivity index (χ2n) is 3.46. The molecular formula is C10H8F2N4OS2. The van der Waals surface area contributed by atoms with E-state index in [0.717, 1.165) is 35.4 Å². The highest BCUT2D eigenvalue weighted by Gasteiger charge is 2.16. The van der Waals surface area contributed by atoms with E-state index in [9.17, 15) is 8.78 Å². The minimum absolute atomic E-state index is 0.0321. The number of rotatable bonds is 3. The molecule has 0 atom stereocenters. The Bertz CT molecular complexity index is 621. The van der Waals surface area contributed by atoms with Gasteiger partial charge in [-0.25, -0.2) is 13.8 Å². The third kappa shape index (κ3) is 2.99. The van der Waals surface area contributed by atoms with Gasteiger partial charge in [-0.1, -0.05) is 16.9 Å². The molecule has 0 unspecified atom stereocenters. The fourth-order valence-electron chi connectivity index (χ4n) is 1.27. The molecule has 19 heavy (non-hydrogen) atoms. The van der Waals surface area contributed by atoms with Crippen LogP contribution in [0.1, 0.15) is 11.4 Å². The lowest BCUT2D eigenvalue weighted by Gasteiger charge is -2.05. The first-order valence-corrected chi connectivity index (χ1v) is 6.55. The number of oxime groups is 1. The number of hydrogen-bond donors (Lipinski definition) is 2. The van der Waals surface area contributed by atoms with Crippen LogP contribution in [0.2, 0.25) is 0 Å². The molecule has 3 N–H and O–H groups in total. The van der Waals surface area contributed by atoms with Gasteiger partial charge in [0.15, 0.2) is 10.2 Å². The third-order valence-corrected chi connectivity index (χ3v) is 4.04. The molecule has 0 fully saturated rings. The Hall–Kier alpha value is -1.74. The van der Waals surface area contributed by atoms with Gasteiger partial charge in [-0.3, -0.25) is 0 Å². The van der Waals surface area contributed by atoms with Crippen LogP contribution in [0.15, 0.2) is 26.5 Å². The molecule has 0 radical (unpaired) electrons. The summed E-state index contributed by atoms with van der Waals surface area (Å²) in [7, 11) is 0. The van der Waals surface area contributed by atoms with Crippen LogP contribution in [-0.2, 0) is 0 Å². The Labute approximate surface area is 115 Å². The normalized spacial score (nSPS) is 11.8. The van der Waals surface area contributed by atoms with E-state index in [1.54, 1.807) is 6.92 Å². The third-order valence-electron chi connectivity index (χ3n) is 2.10. The zero-order chi connectivity index (χ0) is 14.0. The average Bonchev–Trinajstić information content (AvgIpc) is 2.78. The van der Waals surface area contributed by atoms with Gasteiger partial charge in [0.2, 0.25) is 0 Å². The van der Waals surface area contributed by atoms with Crippen molar-refractivity contribution in [2.75, 3.05) is 0 Å². The lowest BCUT2D eigenvalue weighted by molar-refractivity contribution is 0.318. The molecule has 1 aromatic carbocycles. The molecule has 5 nitrogen and oxygen atoms in total. The Balaban J connectivity index is 2.37. The van der Waals surface area contributed by atoms with Crippen LogP contribution in [0.5, 0.6) is 0 Å². The molecular weight excluding hydrogens is 294 g/mol. The monoisotopic (exact) mass is 302 g/mol. The molecule has 0 bridgehead atoms. The molecule has 0 saturated carbocycles. The van der Waals surface area contributed by atoms with E-state index in [4.69, 9.17) is 10.9 Å². The molecule has 0 spiro atoms. The van der Waals surface area contributed by atoms with Crippen LogP contribution < -0.4 is 5.73 Å². The van der Waals surface area contributed by atoms with Gasteiger partial charge in [0.25, 0.3) is 0 Å². The van der Waals surface area contributed by atoms with Gasteiger partial charge in [-0.2, -0.15) is 4.37 Å². The van der Waals surface area contributed by atoms with Crippen molar-refractivity contribution in [2.24, 2.45) is 10.9 Å². The summed E-state index contributed by atoms with van der Waals surface area (Å²) in [4.78, 5) is 3.81. The molecule has 0 saturated heterocycles. The number of nitrogens with zero attached hydrogens (tertiary/aromatic N) is 3. The lowest BCUT2D eigenvalue weighted by atomic mass is 10.2. The summed E-state index contributed by atoms with van der Waals surface area (Å²) in [6.07, 6.45) is 0. The van der Waals surface area contributed by atoms with E-state index in [1.165, 1.54) is 0 Å². The van der Waals surface area contributed by atoms with Gasteiger partial charge < -0.3 is 10.9 Å². The van der Waals surface area contributed by atoms with E-state index >= 15 is 0 Å². The highest BCUT2D eigenvalue weighted by molar-refractivity contribution is 8.01. The maximum atomic E-state index is 13.8. The predicted molar refractivity (Wildman–Crippen MR) is 67.6 cm³/mol. The van der Waals surface area contributed by atoms with Crippen LogP contribution in [0.25, 0.3) is 0 Å². The number of aryl methyl sites for hydroxylation is 1. The number of halogens is 2. The standard InChI is InChI=1S/C10H8F2N4OS2/c1-4-14-10(19-16-4)18-8-6(11)2-5(3-7(8)12)9(13)15-17/h2-3,17H,1H3,(H2,13,15). The zero-order valence-electron chi connectivity index (χ0n) is 9.59. The molecule has 0 aliphatic rings. The quantitative estimate of drug-likeness (QED) is 0.393. The van der Waals surface area contributed by atoms with E-state index in [0.29, 0.717) is 10.2 Å². The van der Waals surface area contributed by atoms with Crippen molar-refractivity contribution in [3.8, 4) is 0 Å². The SMILES string of the molecule is Cc1nsc(Sc2c(F)cc(C(N)=NO)cc2F)n1. The molecule has 2 rings (SSSR count). The molecule has 1 heterocycles. The topological polar surface area (TPSA) is 84.4 Å². The number of aromatic nitrogens is 2. The van der Waals surface area contributed by atoms with Crippen LogP contribution in [0, 0.1) is 18.6 Å². The lowest BCUT2D eigenvalue weighted by Crippen LogP contribution is -2.14. The minimum Gasteiger partial charge on any atom is -0.409 e. The minimum atomic E-state index is -0.806. The van der Waals surface area contributed by atoms with Gasteiger partial charge >= 0.3 is 0 Å². The first-order chi connectivity index (χ1) is 9.01.